The first-order chi connectivity index (χ1) is 15.2. The second kappa shape index (κ2) is 7.46. The largest absolute Gasteiger partial charge is 0.469 e. The van der Waals surface area contributed by atoms with Crippen molar-refractivity contribution in [3.63, 3.8) is 0 Å². The first kappa shape index (κ1) is 21.2. The second-order valence-electron chi connectivity index (χ2n) is 10.8. The van der Waals surface area contributed by atoms with Crippen molar-refractivity contribution < 1.29 is 14.3 Å². The molecule has 2 unspecified atom stereocenters. The van der Waals surface area contributed by atoms with E-state index >= 15 is 0 Å². The summed E-state index contributed by atoms with van der Waals surface area (Å²) in [6, 6.07) is 8.37. The van der Waals surface area contributed by atoms with Crippen molar-refractivity contribution in [3.8, 4) is 11.1 Å². The van der Waals surface area contributed by atoms with Crippen LogP contribution < -0.4 is 5.32 Å². The number of aromatic nitrogens is 2. The summed E-state index contributed by atoms with van der Waals surface area (Å²) in [5.41, 5.74) is 2.20. The van der Waals surface area contributed by atoms with E-state index in [1.807, 2.05) is 45.4 Å². The molecule has 6 rings (SSSR count). The van der Waals surface area contributed by atoms with E-state index in [1.54, 1.807) is 4.68 Å². The fourth-order valence-electron chi connectivity index (χ4n) is 6.84. The molecule has 4 fully saturated rings. The highest BCUT2D eigenvalue weighted by molar-refractivity contribution is 5.88. The smallest absolute Gasteiger partial charge is 0.311 e. The predicted octanol–water partition coefficient (Wildman–Crippen LogP) is 3.85. The molecule has 2 aromatic rings. The van der Waals surface area contributed by atoms with Crippen LogP contribution in [0.2, 0.25) is 0 Å². The predicted molar refractivity (Wildman–Crippen MR) is 122 cm³/mol. The van der Waals surface area contributed by atoms with Crippen LogP contribution in [0.4, 0.5) is 0 Å². The average molecular weight is 436 g/mol. The Labute approximate surface area is 189 Å². The third kappa shape index (κ3) is 3.35. The molecule has 170 valence electrons. The summed E-state index contributed by atoms with van der Waals surface area (Å²) < 4.78 is 6.96. The third-order valence-corrected chi connectivity index (χ3v) is 8.40. The summed E-state index contributed by atoms with van der Waals surface area (Å²) in [5, 5.41) is 7.66. The maximum Gasteiger partial charge on any atom is 0.311 e. The van der Waals surface area contributed by atoms with Gasteiger partial charge in [0, 0.05) is 24.8 Å². The van der Waals surface area contributed by atoms with Crippen LogP contribution in [-0.4, -0.2) is 34.8 Å². The van der Waals surface area contributed by atoms with Gasteiger partial charge >= 0.3 is 5.97 Å². The molecule has 1 heterocycles. The average Bonchev–Trinajstić information content (AvgIpc) is 3.21. The van der Waals surface area contributed by atoms with E-state index in [2.05, 4.69) is 22.5 Å². The molecule has 4 bridgehead atoms. The van der Waals surface area contributed by atoms with E-state index in [4.69, 9.17) is 4.74 Å². The number of carbonyl (C=O) groups is 2. The summed E-state index contributed by atoms with van der Waals surface area (Å²) in [6.45, 7) is 3.99. The number of nitrogens with one attached hydrogen (secondary N) is 1. The molecule has 4 aliphatic rings. The molecular weight excluding hydrogens is 402 g/mol. The number of amides is 1. The Hall–Kier alpha value is -2.63. The van der Waals surface area contributed by atoms with Gasteiger partial charge in [0.25, 0.3) is 0 Å². The Morgan fingerprint density at radius 2 is 1.75 bits per heavy atom. The lowest BCUT2D eigenvalue weighted by molar-refractivity contribution is -0.171. The standard InChI is InChI=1S/C26H33N3O3/c1-25(2,21-7-5-17(6-8-21)20-14-27-29(3)15-20)23(30)28-22-18-9-16-10-19(22)13-26(11-16,12-18)24(31)32-4/h5-8,14-16,18-19,22H,9-13H2,1-4H3,(H,28,30). The topological polar surface area (TPSA) is 73.2 Å². The zero-order valence-electron chi connectivity index (χ0n) is 19.4. The van der Waals surface area contributed by atoms with Crippen molar-refractivity contribution in [2.45, 2.75) is 57.4 Å². The van der Waals surface area contributed by atoms with Crippen molar-refractivity contribution in [1.29, 1.82) is 0 Å². The monoisotopic (exact) mass is 435 g/mol. The van der Waals surface area contributed by atoms with Gasteiger partial charge in [0.05, 0.1) is 24.1 Å². The highest BCUT2D eigenvalue weighted by atomic mass is 16.5. The SMILES string of the molecule is COC(=O)C12CC3CC(C1)C(NC(=O)C(C)(C)c1ccc(-c4cnn(C)c4)cc1)C(C3)C2. The normalized spacial score (nSPS) is 30.9. The number of carbonyl (C=O) groups excluding carboxylic acids is 2. The van der Waals surface area contributed by atoms with Gasteiger partial charge < -0.3 is 10.1 Å². The van der Waals surface area contributed by atoms with E-state index in [1.165, 1.54) is 7.11 Å². The first-order valence-electron chi connectivity index (χ1n) is 11.7. The van der Waals surface area contributed by atoms with Crippen molar-refractivity contribution in [1.82, 2.24) is 15.1 Å². The molecule has 1 aromatic heterocycles. The minimum Gasteiger partial charge on any atom is -0.469 e. The van der Waals surface area contributed by atoms with Crippen molar-refractivity contribution in [2.24, 2.45) is 30.2 Å². The number of esters is 1. The molecule has 6 nitrogen and oxygen atoms in total. The Kier molecular flexibility index (Phi) is 4.95. The fourth-order valence-corrected chi connectivity index (χ4v) is 6.84. The molecule has 0 spiro atoms. The lowest BCUT2D eigenvalue weighted by Gasteiger charge is -2.58. The molecule has 1 N–H and O–H groups in total. The Bertz CT molecular complexity index is 1020. The van der Waals surface area contributed by atoms with Gasteiger partial charge in [0.2, 0.25) is 5.91 Å². The van der Waals surface area contributed by atoms with Crippen LogP contribution in [0.3, 0.4) is 0 Å². The maximum atomic E-state index is 13.5. The highest BCUT2D eigenvalue weighted by Crippen LogP contribution is 2.60. The van der Waals surface area contributed by atoms with Crippen molar-refractivity contribution >= 4 is 11.9 Å². The lowest BCUT2D eigenvalue weighted by Crippen LogP contribution is -2.62. The summed E-state index contributed by atoms with van der Waals surface area (Å²) in [4.78, 5) is 26.0. The van der Waals surface area contributed by atoms with Gasteiger partial charge in [-0.05, 0) is 74.8 Å². The first-order valence-corrected chi connectivity index (χ1v) is 11.7. The molecule has 4 aliphatic carbocycles. The molecule has 32 heavy (non-hydrogen) atoms. The van der Waals surface area contributed by atoms with E-state index in [0.29, 0.717) is 17.8 Å². The molecule has 0 radical (unpaired) electrons. The van der Waals surface area contributed by atoms with Gasteiger partial charge in [-0.15, -0.1) is 0 Å². The van der Waals surface area contributed by atoms with Crippen LogP contribution in [0, 0.1) is 23.2 Å². The number of hydrogen-bond acceptors (Lipinski definition) is 4. The molecule has 1 aromatic carbocycles. The summed E-state index contributed by atoms with van der Waals surface area (Å²) in [6.07, 6.45) is 8.71. The molecule has 0 saturated heterocycles. The number of benzene rings is 1. The van der Waals surface area contributed by atoms with E-state index in [9.17, 15) is 9.59 Å². The van der Waals surface area contributed by atoms with E-state index in [-0.39, 0.29) is 23.3 Å². The molecule has 2 atom stereocenters. The summed E-state index contributed by atoms with van der Waals surface area (Å²) in [7, 11) is 3.41. The zero-order valence-corrected chi connectivity index (χ0v) is 19.4. The number of nitrogens with zero attached hydrogens (tertiary/aromatic N) is 2. The van der Waals surface area contributed by atoms with Gasteiger partial charge in [-0.1, -0.05) is 24.3 Å². The molecule has 4 saturated carbocycles. The maximum absolute atomic E-state index is 13.5. The number of methoxy groups -OCH3 is 1. The summed E-state index contributed by atoms with van der Waals surface area (Å²) >= 11 is 0. The van der Waals surface area contributed by atoms with Crippen LogP contribution in [-0.2, 0) is 26.8 Å². The number of rotatable bonds is 5. The van der Waals surface area contributed by atoms with Gasteiger partial charge in [-0.2, -0.15) is 5.10 Å². The van der Waals surface area contributed by atoms with Crippen LogP contribution in [0.1, 0.15) is 51.5 Å². The number of hydrogen-bond donors (Lipinski definition) is 1. The number of aryl methyl sites for hydroxylation is 1. The zero-order chi connectivity index (χ0) is 22.7. The Morgan fingerprint density at radius 3 is 2.31 bits per heavy atom. The second-order valence-corrected chi connectivity index (χ2v) is 10.8. The molecule has 1 amide bonds. The minimum absolute atomic E-state index is 0.0456. The van der Waals surface area contributed by atoms with Crippen LogP contribution in [0.15, 0.2) is 36.7 Å². The Balaban J connectivity index is 1.31. The lowest BCUT2D eigenvalue weighted by atomic mass is 9.48. The molecular formula is C26H33N3O3. The van der Waals surface area contributed by atoms with Gasteiger partial charge in [-0.25, -0.2) is 0 Å². The fraction of sp³-hybridized carbons (Fsp3) is 0.577. The molecule has 6 heteroatoms. The van der Waals surface area contributed by atoms with Crippen LogP contribution >= 0.6 is 0 Å². The third-order valence-electron chi connectivity index (χ3n) is 8.40. The van der Waals surface area contributed by atoms with Crippen molar-refractivity contribution in [3.05, 3.63) is 42.2 Å². The van der Waals surface area contributed by atoms with Gasteiger partial charge in [0.1, 0.15) is 0 Å². The van der Waals surface area contributed by atoms with Gasteiger partial charge in [0.15, 0.2) is 0 Å². The quantitative estimate of drug-likeness (QED) is 0.724. The Morgan fingerprint density at radius 1 is 1.09 bits per heavy atom. The van der Waals surface area contributed by atoms with E-state index in [0.717, 1.165) is 48.8 Å². The van der Waals surface area contributed by atoms with Crippen LogP contribution in [0.25, 0.3) is 11.1 Å². The summed E-state index contributed by atoms with van der Waals surface area (Å²) in [5.74, 6) is 1.35. The van der Waals surface area contributed by atoms with Crippen LogP contribution in [0.5, 0.6) is 0 Å². The minimum atomic E-state index is -0.637. The highest BCUT2D eigenvalue weighted by Gasteiger charge is 2.59. The molecule has 0 aliphatic heterocycles. The van der Waals surface area contributed by atoms with Gasteiger partial charge in [-0.3, -0.25) is 14.3 Å². The van der Waals surface area contributed by atoms with E-state index < -0.39 is 5.41 Å². The van der Waals surface area contributed by atoms with Crippen molar-refractivity contribution in [2.75, 3.05) is 7.11 Å². The number of ether oxygens (including phenoxy) is 1.